The third-order valence-corrected chi connectivity index (χ3v) is 5.43. The number of pyridine rings is 1. The number of para-hydroxylation sites is 1. The lowest BCUT2D eigenvalue weighted by molar-refractivity contribution is -0.189. The molecule has 0 aliphatic heterocycles. The number of rotatable bonds is 7. The molecular weight excluding hydrogens is 531 g/mol. The van der Waals surface area contributed by atoms with Crippen LogP contribution in [0.25, 0.3) is 16.6 Å². The van der Waals surface area contributed by atoms with Crippen LogP contribution in [0.5, 0.6) is 17.5 Å². The summed E-state index contributed by atoms with van der Waals surface area (Å²) in [6.07, 6.45) is -6.51. The number of hydrogen-bond acceptors (Lipinski definition) is 8. The summed E-state index contributed by atoms with van der Waals surface area (Å²) < 4.78 is 81.9. The molecule has 0 saturated heterocycles. The second kappa shape index (κ2) is 9.89. The maximum Gasteiger partial charge on any atom is 0.425 e. The fraction of sp³-hybridized carbons (Fsp3) is 0.286. The summed E-state index contributed by atoms with van der Waals surface area (Å²) in [6.45, 7) is 1.59. The first-order chi connectivity index (χ1) is 17.5. The van der Waals surface area contributed by atoms with Crippen molar-refractivity contribution in [3.8, 4) is 23.3 Å². The molecule has 0 fully saturated rings. The van der Waals surface area contributed by atoms with E-state index in [1.807, 2.05) is 0 Å². The first-order valence-electron chi connectivity index (χ1n) is 10.5. The normalized spacial score (nSPS) is 12.7. The molecule has 0 spiro atoms. The minimum absolute atomic E-state index is 0.0469. The quantitative estimate of drug-likeness (QED) is 0.347. The smallest absolute Gasteiger partial charge is 0.425 e. The predicted molar refractivity (Wildman–Crippen MR) is 118 cm³/mol. The van der Waals surface area contributed by atoms with Crippen LogP contribution in [-0.2, 0) is 13.2 Å². The Morgan fingerprint density at radius 3 is 2.54 bits per heavy atom. The second-order valence-electron chi connectivity index (χ2n) is 7.46. The molecule has 0 radical (unpaired) electrons. The lowest BCUT2D eigenvalue weighted by Crippen LogP contribution is -2.32. The number of aliphatic hydroxyl groups is 1. The molecule has 4 aromatic rings. The highest BCUT2D eigenvalue weighted by molar-refractivity contribution is 6.32. The van der Waals surface area contributed by atoms with Gasteiger partial charge in [0.15, 0.2) is 35.1 Å². The van der Waals surface area contributed by atoms with Gasteiger partial charge in [-0.25, -0.2) is 13.6 Å². The first kappa shape index (κ1) is 26.2. The zero-order chi connectivity index (χ0) is 27.1. The number of aromatic nitrogens is 6. The lowest BCUT2D eigenvalue weighted by atomic mass is 10.2. The monoisotopic (exact) mass is 546 g/mol. The van der Waals surface area contributed by atoms with Crippen molar-refractivity contribution in [3.63, 3.8) is 0 Å². The fourth-order valence-electron chi connectivity index (χ4n) is 3.28. The van der Waals surface area contributed by atoms with Crippen molar-refractivity contribution in [1.82, 2.24) is 29.5 Å². The molecule has 1 N–H and O–H groups in total. The highest BCUT2D eigenvalue weighted by atomic mass is 35.5. The molecule has 0 aliphatic rings. The Kier molecular flexibility index (Phi) is 7.01. The van der Waals surface area contributed by atoms with Gasteiger partial charge in [0.2, 0.25) is 5.88 Å². The maximum atomic E-state index is 15.7. The summed E-state index contributed by atoms with van der Waals surface area (Å²) in [6, 6.07) is 3.54. The van der Waals surface area contributed by atoms with E-state index in [0.29, 0.717) is 11.6 Å². The third kappa shape index (κ3) is 4.79. The molecule has 0 saturated carbocycles. The summed E-state index contributed by atoms with van der Waals surface area (Å²) in [5.41, 5.74) is -0.927. The van der Waals surface area contributed by atoms with Crippen molar-refractivity contribution >= 4 is 22.4 Å². The van der Waals surface area contributed by atoms with E-state index in [-0.39, 0.29) is 17.4 Å². The number of fused-ring (bicyclic) bond motifs is 1. The Morgan fingerprint density at radius 2 is 1.95 bits per heavy atom. The van der Waals surface area contributed by atoms with Gasteiger partial charge in [-0.15, -0.1) is 10.2 Å². The van der Waals surface area contributed by atoms with Crippen LogP contribution in [0.3, 0.4) is 0 Å². The molecule has 0 amide bonds. The molecule has 1 aromatic carbocycles. The molecule has 3 aromatic heterocycles. The van der Waals surface area contributed by atoms with E-state index in [9.17, 15) is 27.5 Å². The Morgan fingerprint density at radius 1 is 1.22 bits per heavy atom. The van der Waals surface area contributed by atoms with Crippen LogP contribution in [0.1, 0.15) is 19.7 Å². The first-order valence-corrected chi connectivity index (χ1v) is 10.9. The Labute approximate surface area is 208 Å². The highest BCUT2D eigenvalue weighted by Gasteiger charge is 2.39. The molecule has 16 heteroatoms. The molecule has 4 rings (SSSR count). The zero-order valence-electron chi connectivity index (χ0n) is 18.9. The van der Waals surface area contributed by atoms with Gasteiger partial charge in [-0.2, -0.15) is 27.9 Å². The number of aliphatic hydroxyl groups excluding tert-OH is 1. The molecule has 196 valence electrons. The minimum Gasteiger partial charge on any atom is -0.464 e. The van der Waals surface area contributed by atoms with Crippen molar-refractivity contribution in [2.24, 2.45) is 0 Å². The molecule has 1 atom stereocenters. The number of benzene rings is 1. The van der Waals surface area contributed by atoms with Gasteiger partial charge < -0.3 is 14.6 Å². The van der Waals surface area contributed by atoms with Crippen LogP contribution >= 0.6 is 11.6 Å². The van der Waals surface area contributed by atoms with E-state index in [1.165, 1.54) is 12.1 Å². The number of ether oxygens (including phenoxy) is 2. The van der Waals surface area contributed by atoms with Crippen molar-refractivity contribution in [3.05, 3.63) is 57.4 Å². The zero-order valence-corrected chi connectivity index (χ0v) is 19.7. The average molecular weight is 547 g/mol. The summed E-state index contributed by atoms with van der Waals surface area (Å²) in [7, 11) is 0. The number of nitrogens with zero attached hydrogens (tertiary/aromatic N) is 6. The van der Waals surface area contributed by atoms with E-state index in [4.69, 9.17) is 21.1 Å². The number of alkyl halides is 3. The van der Waals surface area contributed by atoms with Crippen LogP contribution in [0.2, 0.25) is 5.02 Å². The molecule has 37 heavy (non-hydrogen) atoms. The molecule has 10 nitrogen and oxygen atoms in total. The van der Waals surface area contributed by atoms with Gasteiger partial charge >= 0.3 is 11.9 Å². The van der Waals surface area contributed by atoms with Crippen LogP contribution in [0.4, 0.5) is 22.0 Å². The predicted octanol–water partition coefficient (Wildman–Crippen LogP) is 3.94. The van der Waals surface area contributed by atoms with Gasteiger partial charge in [-0.05, 0) is 26.0 Å². The molecule has 1 unspecified atom stereocenters. The van der Waals surface area contributed by atoms with Gasteiger partial charge in [0, 0.05) is 6.54 Å². The Bertz CT molecular complexity index is 1520. The molecule has 3 heterocycles. The second-order valence-corrected chi connectivity index (χ2v) is 7.87. The summed E-state index contributed by atoms with van der Waals surface area (Å²) in [5, 5.41) is 19.2. The van der Waals surface area contributed by atoms with E-state index in [2.05, 4.69) is 20.3 Å². The lowest BCUT2D eigenvalue weighted by Gasteiger charge is -2.19. The standard InChI is InChI=1S/C21H16ClF5N6O4/c1-3-32-13(8-34)31-33(20(32)35)17-15(24)10-7-28-30-19(37-16-11(22)5-4-6-12(16)23)14(10)18(29-17)36-9(2)21(25,26)27/h4-7,9,34H,3,8H2,1-2H3. The van der Waals surface area contributed by atoms with Crippen LogP contribution < -0.4 is 15.2 Å². The van der Waals surface area contributed by atoms with E-state index >= 15 is 4.39 Å². The van der Waals surface area contributed by atoms with E-state index < -0.39 is 70.3 Å². The van der Waals surface area contributed by atoms with Gasteiger partial charge in [-0.3, -0.25) is 4.57 Å². The van der Waals surface area contributed by atoms with Gasteiger partial charge in [0.25, 0.3) is 5.88 Å². The maximum absolute atomic E-state index is 15.7. The van der Waals surface area contributed by atoms with Crippen LogP contribution in [-0.4, -0.2) is 46.9 Å². The van der Waals surface area contributed by atoms with Gasteiger partial charge in [0.1, 0.15) is 12.0 Å². The Balaban J connectivity index is 2.01. The van der Waals surface area contributed by atoms with Crippen LogP contribution in [0.15, 0.2) is 29.2 Å². The summed E-state index contributed by atoms with van der Waals surface area (Å²) in [5.74, 6) is -5.29. The molecular formula is C21H16ClF5N6O4. The van der Waals surface area contributed by atoms with Crippen molar-refractivity contribution in [2.75, 3.05) is 0 Å². The SMILES string of the molecule is CCn1c(CO)nn(-c2nc(OC(C)C(F)(F)F)c3c(Oc4c(F)cccc4Cl)nncc3c2F)c1=O. The van der Waals surface area contributed by atoms with Crippen molar-refractivity contribution in [2.45, 2.75) is 39.3 Å². The summed E-state index contributed by atoms with van der Waals surface area (Å²) >= 11 is 5.96. The minimum atomic E-state index is -4.87. The highest BCUT2D eigenvalue weighted by Crippen LogP contribution is 2.40. The largest absolute Gasteiger partial charge is 0.464 e. The van der Waals surface area contributed by atoms with E-state index in [1.54, 1.807) is 6.92 Å². The van der Waals surface area contributed by atoms with Gasteiger partial charge in [0.05, 0.1) is 16.6 Å². The van der Waals surface area contributed by atoms with Crippen LogP contribution in [0, 0.1) is 11.6 Å². The summed E-state index contributed by atoms with van der Waals surface area (Å²) in [4.78, 5) is 16.5. The topological polar surface area (TPSA) is 117 Å². The Hall–Kier alpha value is -3.85. The van der Waals surface area contributed by atoms with E-state index in [0.717, 1.165) is 16.8 Å². The van der Waals surface area contributed by atoms with Gasteiger partial charge in [-0.1, -0.05) is 17.7 Å². The number of halogens is 6. The molecule has 0 bridgehead atoms. The third-order valence-electron chi connectivity index (χ3n) is 5.14. The number of hydrogen-bond donors (Lipinski definition) is 1. The fourth-order valence-corrected chi connectivity index (χ4v) is 3.48. The molecule has 0 aliphatic carbocycles. The van der Waals surface area contributed by atoms with Crippen molar-refractivity contribution < 1.29 is 36.5 Å². The van der Waals surface area contributed by atoms with Crippen molar-refractivity contribution in [1.29, 1.82) is 0 Å². The average Bonchev–Trinajstić information content (AvgIpc) is 3.17.